The Labute approximate surface area is 169 Å². The third kappa shape index (κ3) is 4.16. The molecule has 1 fully saturated rings. The first-order chi connectivity index (χ1) is 14.0. The van der Waals surface area contributed by atoms with Crippen molar-refractivity contribution in [1.29, 1.82) is 0 Å². The smallest absolute Gasteiger partial charge is 0.411 e. The lowest BCUT2D eigenvalue weighted by Gasteiger charge is -2.18. The van der Waals surface area contributed by atoms with Crippen molar-refractivity contribution in [1.82, 2.24) is 0 Å². The number of nitrogens with one attached hydrogen (secondary N) is 1. The maximum Gasteiger partial charge on any atom is 0.411 e. The molecule has 3 aromatic carbocycles. The molecule has 4 rings (SSSR count). The highest BCUT2D eigenvalue weighted by atomic mass is 16.6. The Morgan fingerprint density at radius 3 is 2.48 bits per heavy atom. The molecule has 0 aromatic heterocycles. The van der Waals surface area contributed by atoms with Crippen LogP contribution in [0, 0.1) is 0 Å². The van der Waals surface area contributed by atoms with E-state index in [0.29, 0.717) is 12.2 Å². The van der Waals surface area contributed by atoms with E-state index >= 15 is 0 Å². The largest absolute Gasteiger partial charge is 0.444 e. The number of ether oxygens (including phenoxy) is 1. The van der Waals surface area contributed by atoms with Crippen LogP contribution in [-0.4, -0.2) is 38.7 Å². The summed E-state index contributed by atoms with van der Waals surface area (Å²) in [5.74, 6) is -0.0478. The van der Waals surface area contributed by atoms with E-state index in [9.17, 15) is 9.59 Å². The van der Waals surface area contributed by atoms with Crippen molar-refractivity contribution < 1.29 is 14.3 Å². The molecule has 1 N–H and O–H groups in total. The number of rotatable bonds is 4. The van der Waals surface area contributed by atoms with Crippen LogP contribution in [0.2, 0.25) is 0 Å². The number of anilines is 3. The average molecular weight is 389 g/mol. The molecule has 0 spiro atoms. The van der Waals surface area contributed by atoms with Gasteiger partial charge >= 0.3 is 6.09 Å². The highest BCUT2D eigenvalue weighted by Gasteiger charge is 2.33. The molecule has 1 aliphatic heterocycles. The summed E-state index contributed by atoms with van der Waals surface area (Å²) in [5.41, 5.74) is 2.51. The topological polar surface area (TPSA) is 61.9 Å². The first-order valence-corrected chi connectivity index (χ1v) is 9.54. The van der Waals surface area contributed by atoms with Crippen LogP contribution in [-0.2, 0) is 9.53 Å². The Kier molecular flexibility index (Phi) is 5.08. The molecule has 0 aliphatic carbocycles. The first kappa shape index (κ1) is 18.8. The predicted molar refractivity (Wildman–Crippen MR) is 116 cm³/mol. The molecule has 1 unspecified atom stereocenters. The molecule has 1 saturated heterocycles. The summed E-state index contributed by atoms with van der Waals surface area (Å²) < 4.78 is 5.48. The summed E-state index contributed by atoms with van der Waals surface area (Å²) in [5, 5.41) is 4.91. The van der Waals surface area contributed by atoms with Gasteiger partial charge in [0.2, 0.25) is 5.91 Å². The zero-order valence-electron chi connectivity index (χ0n) is 16.5. The van der Waals surface area contributed by atoms with Crippen molar-refractivity contribution in [2.45, 2.75) is 12.5 Å². The van der Waals surface area contributed by atoms with Crippen molar-refractivity contribution in [3.8, 4) is 0 Å². The Balaban J connectivity index is 1.39. The van der Waals surface area contributed by atoms with E-state index in [1.807, 2.05) is 85.7 Å². The standard InChI is InChI=1S/C23H23N3O3/c1-25(2)19-11-8-18(9-12-19)24-23(28)29-21-14-22(27)26(15-21)20-10-7-16-5-3-4-6-17(16)13-20/h3-13,21H,14-15H2,1-2H3,(H,24,28). The fourth-order valence-corrected chi connectivity index (χ4v) is 3.49. The van der Waals surface area contributed by atoms with E-state index in [2.05, 4.69) is 5.32 Å². The average Bonchev–Trinajstić information content (AvgIpc) is 3.07. The summed E-state index contributed by atoms with van der Waals surface area (Å²) in [6, 6.07) is 21.4. The zero-order chi connectivity index (χ0) is 20.4. The predicted octanol–water partition coefficient (Wildman–Crippen LogP) is 4.26. The van der Waals surface area contributed by atoms with E-state index < -0.39 is 12.2 Å². The van der Waals surface area contributed by atoms with Crippen molar-refractivity contribution in [3.05, 3.63) is 66.7 Å². The van der Waals surface area contributed by atoms with Gasteiger partial charge in [0.25, 0.3) is 0 Å². The molecule has 3 aromatic rings. The Morgan fingerprint density at radius 1 is 1.03 bits per heavy atom. The second-order valence-corrected chi connectivity index (χ2v) is 7.33. The number of carbonyl (C=O) groups excluding carboxylic acids is 2. The Hall–Kier alpha value is -3.54. The Bertz CT molecular complexity index is 1050. The van der Waals surface area contributed by atoms with Crippen LogP contribution in [0.5, 0.6) is 0 Å². The fraction of sp³-hybridized carbons (Fsp3) is 0.217. The molecule has 6 heteroatoms. The van der Waals surface area contributed by atoms with Crippen LogP contribution >= 0.6 is 0 Å². The molecule has 29 heavy (non-hydrogen) atoms. The lowest BCUT2D eigenvalue weighted by atomic mass is 10.1. The number of carbonyl (C=O) groups is 2. The lowest BCUT2D eigenvalue weighted by Crippen LogP contribution is -2.28. The van der Waals surface area contributed by atoms with Gasteiger partial charge in [-0.05, 0) is 47.2 Å². The van der Waals surface area contributed by atoms with Gasteiger partial charge in [0.1, 0.15) is 6.10 Å². The molecular formula is C23H23N3O3. The molecule has 148 valence electrons. The minimum absolute atomic E-state index is 0.0478. The molecule has 1 aliphatic rings. The minimum atomic E-state index is -0.555. The van der Waals surface area contributed by atoms with Gasteiger partial charge in [0, 0.05) is 31.2 Å². The van der Waals surface area contributed by atoms with Crippen LogP contribution in [0.4, 0.5) is 21.9 Å². The minimum Gasteiger partial charge on any atom is -0.444 e. The van der Waals surface area contributed by atoms with Gasteiger partial charge < -0.3 is 14.5 Å². The van der Waals surface area contributed by atoms with Gasteiger partial charge in [0.15, 0.2) is 0 Å². The highest BCUT2D eigenvalue weighted by Crippen LogP contribution is 2.27. The summed E-state index contributed by atoms with van der Waals surface area (Å²) in [6.07, 6.45) is -0.851. The van der Waals surface area contributed by atoms with Gasteiger partial charge in [-0.1, -0.05) is 30.3 Å². The van der Waals surface area contributed by atoms with Crippen molar-refractivity contribution in [2.24, 2.45) is 0 Å². The number of hydrogen-bond acceptors (Lipinski definition) is 4. The van der Waals surface area contributed by atoms with Gasteiger partial charge in [-0.15, -0.1) is 0 Å². The van der Waals surface area contributed by atoms with E-state index in [1.54, 1.807) is 4.90 Å². The molecule has 1 atom stereocenters. The third-order valence-electron chi connectivity index (χ3n) is 5.04. The SMILES string of the molecule is CN(C)c1ccc(NC(=O)OC2CC(=O)N(c3ccc4ccccc4c3)C2)cc1. The zero-order valence-corrected chi connectivity index (χ0v) is 16.5. The van der Waals surface area contributed by atoms with Gasteiger partial charge in [-0.2, -0.15) is 0 Å². The van der Waals surface area contributed by atoms with Gasteiger partial charge in [0.05, 0.1) is 13.0 Å². The summed E-state index contributed by atoms with van der Waals surface area (Å²) in [6.45, 7) is 0.351. The number of nitrogens with zero attached hydrogens (tertiary/aromatic N) is 2. The monoisotopic (exact) mass is 389 g/mol. The van der Waals surface area contributed by atoms with Crippen LogP contribution < -0.4 is 15.1 Å². The maximum absolute atomic E-state index is 12.5. The van der Waals surface area contributed by atoms with Gasteiger partial charge in [-0.25, -0.2) is 4.79 Å². The highest BCUT2D eigenvalue weighted by molar-refractivity contribution is 5.99. The van der Waals surface area contributed by atoms with Crippen LogP contribution in [0.15, 0.2) is 66.7 Å². The van der Waals surface area contributed by atoms with E-state index in [1.165, 1.54) is 0 Å². The van der Waals surface area contributed by atoms with Gasteiger partial charge in [-0.3, -0.25) is 10.1 Å². The molecule has 0 bridgehead atoms. The summed E-state index contributed by atoms with van der Waals surface area (Å²) in [4.78, 5) is 28.4. The molecule has 0 saturated carbocycles. The molecular weight excluding hydrogens is 366 g/mol. The normalized spacial score (nSPS) is 16.1. The molecule has 6 nitrogen and oxygen atoms in total. The number of benzene rings is 3. The van der Waals surface area contributed by atoms with Crippen molar-refractivity contribution in [2.75, 3.05) is 35.8 Å². The number of hydrogen-bond donors (Lipinski definition) is 1. The maximum atomic E-state index is 12.5. The summed E-state index contributed by atoms with van der Waals surface area (Å²) in [7, 11) is 3.91. The molecule has 0 radical (unpaired) electrons. The lowest BCUT2D eigenvalue weighted by molar-refractivity contribution is -0.117. The second kappa shape index (κ2) is 7.83. The number of fused-ring (bicyclic) bond motifs is 1. The van der Waals surface area contributed by atoms with Crippen molar-refractivity contribution >= 4 is 39.8 Å². The van der Waals surface area contributed by atoms with Crippen LogP contribution in [0.1, 0.15) is 6.42 Å². The molecule has 1 heterocycles. The van der Waals surface area contributed by atoms with Crippen LogP contribution in [0.25, 0.3) is 10.8 Å². The Morgan fingerprint density at radius 2 is 1.76 bits per heavy atom. The quantitative estimate of drug-likeness (QED) is 0.724. The van der Waals surface area contributed by atoms with E-state index in [-0.39, 0.29) is 12.3 Å². The van der Waals surface area contributed by atoms with E-state index in [4.69, 9.17) is 4.74 Å². The van der Waals surface area contributed by atoms with Crippen LogP contribution in [0.3, 0.4) is 0 Å². The fourth-order valence-electron chi connectivity index (χ4n) is 3.49. The van der Waals surface area contributed by atoms with E-state index in [0.717, 1.165) is 22.1 Å². The third-order valence-corrected chi connectivity index (χ3v) is 5.04. The molecule has 2 amide bonds. The first-order valence-electron chi connectivity index (χ1n) is 9.54. The van der Waals surface area contributed by atoms with Crippen molar-refractivity contribution in [3.63, 3.8) is 0 Å². The second-order valence-electron chi connectivity index (χ2n) is 7.33. The summed E-state index contributed by atoms with van der Waals surface area (Å²) >= 11 is 0. The number of amides is 2.